The molecule has 2 aromatic rings. The smallest absolute Gasteiger partial charge is 0.163 e. The average Bonchev–Trinajstić information content (AvgIpc) is 2.48. The van der Waals surface area contributed by atoms with E-state index in [-0.39, 0.29) is 0 Å². The van der Waals surface area contributed by atoms with Gasteiger partial charge in [-0.25, -0.2) is 9.98 Å². The first kappa shape index (κ1) is 12.2. The molecule has 2 heterocycles. The first-order chi connectivity index (χ1) is 9.63. The van der Waals surface area contributed by atoms with Crippen molar-refractivity contribution in [3.8, 4) is 12.3 Å². The quantitative estimate of drug-likeness (QED) is 0.676. The summed E-state index contributed by atoms with van der Waals surface area (Å²) in [6.45, 7) is 0. The molecule has 1 aromatic heterocycles. The molecule has 1 aliphatic heterocycles. The standard InChI is InChI=1S/C15H13N5/c1-2-10-4-3-5-11(6-10)15(17)12-7-14(16)18-8-13(12)19-9-20-15/h1,3-9H,17H2,(H2,16,18)(H,19,20). The average molecular weight is 263 g/mol. The van der Waals surface area contributed by atoms with Crippen LogP contribution in [0.5, 0.6) is 0 Å². The van der Waals surface area contributed by atoms with Crippen LogP contribution in [0.1, 0.15) is 16.7 Å². The van der Waals surface area contributed by atoms with Crippen molar-refractivity contribution in [2.75, 3.05) is 11.1 Å². The molecular weight excluding hydrogens is 250 g/mol. The lowest BCUT2D eigenvalue weighted by molar-refractivity contribution is 0.570. The van der Waals surface area contributed by atoms with Crippen molar-refractivity contribution < 1.29 is 0 Å². The highest BCUT2D eigenvalue weighted by Crippen LogP contribution is 2.36. The Morgan fingerprint density at radius 3 is 2.95 bits per heavy atom. The van der Waals surface area contributed by atoms with E-state index in [4.69, 9.17) is 17.9 Å². The number of aliphatic imine (C=N–C) groups is 1. The summed E-state index contributed by atoms with van der Waals surface area (Å²) in [5.74, 6) is 2.99. The van der Waals surface area contributed by atoms with Gasteiger partial charge in [-0.1, -0.05) is 18.1 Å². The fourth-order valence-corrected chi connectivity index (χ4v) is 2.25. The van der Waals surface area contributed by atoms with E-state index >= 15 is 0 Å². The van der Waals surface area contributed by atoms with Gasteiger partial charge in [0.05, 0.1) is 18.2 Å². The summed E-state index contributed by atoms with van der Waals surface area (Å²) >= 11 is 0. The molecule has 3 rings (SSSR count). The molecule has 1 unspecified atom stereocenters. The maximum Gasteiger partial charge on any atom is 0.163 e. The fourth-order valence-electron chi connectivity index (χ4n) is 2.25. The van der Waals surface area contributed by atoms with Crippen molar-refractivity contribution in [3.05, 3.63) is 53.2 Å². The van der Waals surface area contributed by atoms with Crippen LogP contribution in [0, 0.1) is 12.3 Å². The van der Waals surface area contributed by atoms with Crippen molar-refractivity contribution in [1.82, 2.24) is 4.98 Å². The zero-order valence-electron chi connectivity index (χ0n) is 10.7. The topological polar surface area (TPSA) is 89.3 Å². The molecule has 0 saturated carbocycles. The Bertz CT molecular complexity index is 744. The molecule has 0 radical (unpaired) electrons. The first-order valence-corrected chi connectivity index (χ1v) is 6.06. The fraction of sp³-hybridized carbons (Fsp3) is 0.0667. The van der Waals surface area contributed by atoms with Crippen molar-refractivity contribution in [2.24, 2.45) is 10.7 Å². The number of fused-ring (bicyclic) bond motifs is 1. The summed E-state index contributed by atoms with van der Waals surface area (Å²) in [5.41, 5.74) is 14.3. The molecule has 98 valence electrons. The van der Waals surface area contributed by atoms with Gasteiger partial charge in [0.2, 0.25) is 0 Å². The molecule has 1 aromatic carbocycles. The molecule has 5 N–H and O–H groups in total. The molecule has 20 heavy (non-hydrogen) atoms. The molecule has 0 amide bonds. The molecule has 5 heteroatoms. The number of hydrogen-bond acceptors (Lipinski definition) is 5. The maximum atomic E-state index is 6.49. The number of hydrogen-bond donors (Lipinski definition) is 3. The molecule has 0 saturated heterocycles. The Hall–Kier alpha value is -2.84. The van der Waals surface area contributed by atoms with Gasteiger partial charge in [-0.2, -0.15) is 0 Å². The third-order valence-corrected chi connectivity index (χ3v) is 3.29. The van der Waals surface area contributed by atoms with Crippen LogP contribution in [-0.2, 0) is 5.66 Å². The van der Waals surface area contributed by atoms with Gasteiger partial charge in [0.25, 0.3) is 0 Å². The second-order valence-corrected chi connectivity index (χ2v) is 4.55. The zero-order valence-corrected chi connectivity index (χ0v) is 10.7. The predicted molar refractivity (Wildman–Crippen MR) is 80.1 cm³/mol. The second-order valence-electron chi connectivity index (χ2n) is 4.55. The van der Waals surface area contributed by atoms with E-state index in [1.807, 2.05) is 24.3 Å². The predicted octanol–water partition coefficient (Wildman–Crippen LogP) is 1.26. The molecule has 1 aliphatic rings. The molecular formula is C15H13N5. The SMILES string of the molecule is C#Cc1cccc(C2(N)N=CNc3cnc(N)cc32)c1. The van der Waals surface area contributed by atoms with Gasteiger partial charge < -0.3 is 11.1 Å². The first-order valence-electron chi connectivity index (χ1n) is 6.06. The van der Waals surface area contributed by atoms with E-state index in [2.05, 4.69) is 21.2 Å². The summed E-state index contributed by atoms with van der Waals surface area (Å²) in [7, 11) is 0. The number of pyridine rings is 1. The van der Waals surface area contributed by atoms with Gasteiger partial charge in [0.15, 0.2) is 5.66 Å². The van der Waals surface area contributed by atoms with Crippen LogP contribution >= 0.6 is 0 Å². The van der Waals surface area contributed by atoms with Crippen molar-refractivity contribution in [3.63, 3.8) is 0 Å². The number of nitrogens with zero attached hydrogens (tertiary/aromatic N) is 2. The van der Waals surface area contributed by atoms with Crippen LogP contribution in [0.25, 0.3) is 0 Å². The third kappa shape index (κ3) is 1.79. The van der Waals surface area contributed by atoms with Crippen molar-refractivity contribution in [2.45, 2.75) is 5.66 Å². The van der Waals surface area contributed by atoms with Crippen LogP contribution in [0.3, 0.4) is 0 Å². The van der Waals surface area contributed by atoms with E-state index in [1.54, 1.807) is 18.6 Å². The maximum absolute atomic E-state index is 6.49. The van der Waals surface area contributed by atoms with Crippen LogP contribution in [-0.4, -0.2) is 11.3 Å². The van der Waals surface area contributed by atoms with Crippen LogP contribution in [0.4, 0.5) is 11.5 Å². The van der Waals surface area contributed by atoms with E-state index < -0.39 is 5.66 Å². The van der Waals surface area contributed by atoms with E-state index in [1.165, 1.54) is 0 Å². The zero-order chi connectivity index (χ0) is 14.2. The van der Waals surface area contributed by atoms with Crippen LogP contribution in [0.2, 0.25) is 0 Å². The highest BCUT2D eigenvalue weighted by Gasteiger charge is 2.33. The lowest BCUT2D eigenvalue weighted by atomic mass is 9.90. The number of aromatic nitrogens is 1. The summed E-state index contributed by atoms with van der Waals surface area (Å²) in [6.07, 6.45) is 8.64. The summed E-state index contributed by atoms with van der Waals surface area (Å²) in [6, 6.07) is 9.18. The third-order valence-electron chi connectivity index (χ3n) is 3.29. The van der Waals surface area contributed by atoms with Gasteiger partial charge in [0, 0.05) is 11.1 Å². The van der Waals surface area contributed by atoms with E-state index in [0.717, 1.165) is 22.4 Å². The number of rotatable bonds is 1. The van der Waals surface area contributed by atoms with Gasteiger partial charge >= 0.3 is 0 Å². The largest absolute Gasteiger partial charge is 0.384 e. The number of terminal acetylenes is 1. The Balaban J connectivity index is 2.21. The van der Waals surface area contributed by atoms with Crippen LogP contribution in [0.15, 0.2) is 41.5 Å². The summed E-state index contributed by atoms with van der Waals surface area (Å²) < 4.78 is 0. The summed E-state index contributed by atoms with van der Waals surface area (Å²) in [4.78, 5) is 8.43. The molecule has 1 atom stereocenters. The molecule has 0 bridgehead atoms. The highest BCUT2D eigenvalue weighted by atomic mass is 15.1. The van der Waals surface area contributed by atoms with Gasteiger partial charge in [0.1, 0.15) is 5.82 Å². The number of nitrogens with two attached hydrogens (primary N) is 2. The Morgan fingerprint density at radius 1 is 1.30 bits per heavy atom. The molecule has 0 aliphatic carbocycles. The molecule has 0 fully saturated rings. The lowest BCUT2D eigenvalue weighted by Crippen LogP contribution is -2.39. The van der Waals surface area contributed by atoms with E-state index in [0.29, 0.717) is 5.82 Å². The van der Waals surface area contributed by atoms with Gasteiger partial charge in [-0.15, -0.1) is 6.42 Å². The van der Waals surface area contributed by atoms with Crippen LogP contribution < -0.4 is 16.8 Å². The minimum Gasteiger partial charge on any atom is -0.384 e. The van der Waals surface area contributed by atoms with Crippen molar-refractivity contribution >= 4 is 17.8 Å². The Kier molecular flexibility index (Phi) is 2.67. The summed E-state index contributed by atoms with van der Waals surface area (Å²) in [5, 5.41) is 3.01. The van der Waals surface area contributed by atoms with Gasteiger partial charge in [-0.05, 0) is 23.8 Å². The monoisotopic (exact) mass is 263 g/mol. The number of anilines is 2. The number of benzene rings is 1. The van der Waals surface area contributed by atoms with Gasteiger partial charge in [-0.3, -0.25) is 5.73 Å². The second kappa shape index (κ2) is 4.37. The Morgan fingerprint density at radius 2 is 2.15 bits per heavy atom. The highest BCUT2D eigenvalue weighted by molar-refractivity contribution is 5.82. The minimum atomic E-state index is -1.02. The van der Waals surface area contributed by atoms with E-state index in [9.17, 15) is 0 Å². The molecule has 5 nitrogen and oxygen atoms in total. The minimum absolute atomic E-state index is 0.394. The normalized spacial score (nSPS) is 19.8. The molecule has 0 spiro atoms. The van der Waals surface area contributed by atoms with Crippen molar-refractivity contribution in [1.29, 1.82) is 0 Å². The lowest BCUT2D eigenvalue weighted by Gasteiger charge is -2.31. The number of nitrogens with one attached hydrogen (secondary N) is 1. The number of nitrogen functional groups attached to an aromatic ring is 1. The Labute approximate surface area is 116 Å².